The van der Waals surface area contributed by atoms with Gasteiger partial charge in [0.05, 0.1) is 5.69 Å². The summed E-state index contributed by atoms with van der Waals surface area (Å²) >= 11 is 1.22. The van der Waals surface area contributed by atoms with Gasteiger partial charge in [-0.1, -0.05) is 66.1 Å². The van der Waals surface area contributed by atoms with Crippen molar-refractivity contribution in [1.82, 2.24) is 0 Å². The number of nitrogens with zero attached hydrogens (tertiary/aromatic N) is 1. The Labute approximate surface area is 221 Å². The second kappa shape index (κ2) is 10.6. The van der Waals surface area contributed by atoms with Crippen LogP contribution < -0.4 is 15.5 Å². The zero-order valence-electron chi connectivity index (χ0n) is 20.9. The van der Waals surface area contributed by atoms with E-state index in [-0.39, 0.29) is 23.4 Å². The molecule has 7 heteroatoms. The van der Waals surface area contributed by atoms with Gasteiger partial charge in [-0.2, -0.15) is 0 Å². The summed E-state index contributed by atoms with van der Waals surface area (Å²) in [5.74, 6) is -0.684. The number of aryl methyl sites for hydroxylation is 2. The molecule has 1 aliphatic heterocycles. The molecule has 37 heavy (non-hydrogen) atoms. The van der Waals surface area contributed by atoms with Crippen LogP contribution in [0, 0.1) is 19.8 Å². The third kappa shape index (κ3) is 5.47. The minimum atomic E-state index is -0.400. The normalized spacial score (nSPS) is 16.0. The first-order valence-electron chi connectivity index (χ1n) is 12.5. The van der Waals surface area contributed by atoms with Gasteiger partial charge in [-0.15, -0.1) is 0 Å². The molecule has 6 nitrogen and oxygen atoms in total. The van der Waals surface area contributed by atoms with E-state index in [2.05, 4.69) is 10.6 Å². The van der Waals surface area contributed by atoms with Crippen molar-refractivity contribution in [2.24, 2.45) is 5.92 Å². The predicted molar refractivity (Wildman–Crippen MR) is 148 cm³/mol. The van der Waals surface area contributed by atoms with Gasteiger partial charge in [0.25, 0.3) is 11.8 Å². The van der Waals surface area contributed by atoms with Gasteiger partial charge in [0.1, 0.15) is 10.6 Å². The van der Waals surface area contributed by atoms with Crippen molar-refractivity contribution in [3.63, 3.8) is 0 Å². The van der Waals surface area contributed by atoms with E-state index in [9.17, 15) is 14.4 Å². The summed E-state index contributed by atoms with van der Waals surface area (Å²) in [5, 5.41) is 6.21. The average molecular weight is 512 g/mol. The lowest BCUT2D eigenvalue weighted by molar-refractivity contribution is -0.121. The summed E-state index contributed by atoms with van der Waals surface area (Å²) < 4.78 is 0. The van der Waals surface area contributed by atoms with E-state index in [1.807, 2.05) is 74.5 Å². The van der Waals surface area contributed by atoms with Crippen molar-refractivity contribution in [2.45, 2.75) is 44.4 Å². The van der Waals surface area contributed by atoms with Gasteiger partial charge in [0.15, 0.2) is 0 Å². The fourth-order valence-corrected chi connectivity index (χ4v) is 5.60. The SMILES string of the molecule is Cc1ccc(NC2=C(Sc3cccc(NC(=O)C4CCCC4)c3)C(=O)N(c3ccc(C)cc3)C2=O)cc1. The van der Waals surface area contributed by atoms with Crippen LogP contribution >= 0.6 is 11.8 Å². The van der Waals surface area contributed by atoms with Crippen molar-refractivity contribution in [3.8, 4) is 0 Å². The molecule has 3 aromatic rings. The first-order chi connectivity index (χ1) is 17.9. The largest absolute Gasteiger partial charge is 0.350 e. The number of benzene rings is 3. The molecule has 1 saturated carbocycles. The zero-order chi connectivity index (χ0) is 25.9. The number of amides is 3. The van der Waals surface area contributed by atoms with Crippen molar-refractivity contribution in [3.05, 3.63) is 94.5 Å². The van der Waals surface area contributed by atoms with Gasteiger partial charge in [-0.3, -0.25) is 14.4 Å². The van der Waals surface area contributed by atoms with E-state index < -0.39 is 5.91 Å². The average Bonchev–Trinajstić information content (AvgIpc) is 3.50. The third-order valence-corrected chi connectivity index (χ3v) is 7.77. The smallest absolute Gasteiger partial charge is 0.283 e. The molecule has 0 aromatic heterocycles. The Morgan fingerprint density at radius 3 is 2.16 bits per heavy atom. The number of rotatable bonds is 7. The van der Waals surface area contributed by atoms with Crippen LogP contribution in [0.3, 0.4) is 0 Å². The number of hydrogen-bond donors (Lipinski definition) is 2. The Kier molecular flexibility index (Phi) is 7.15. The van der Waals surface area contributed by atoms with E-state index >= 15 is 0 Å². The predicted octanol–water partition coefficient (Wildman–Crippen LogP) is 6.42. The molecule has 188 valence electrons. The third-order valence-electron chi connectivity index (χ3n) is 6.70. The van der Waals surface area contributed by atoms with E-state index in [1.54, 1.807) is 12.1 Å². The highest BCUT2D eigenvalue weighted by atomic mass is 32.2. The zero-order valence-corrected chi connectivity index (χ0v) is 21.7. The highest BCUT2D eigenvalue weighted by Crippen LogP contribution is 2.38. The van der Waals surface area contributed by atoms with Gasteiger partial charge in [-0.25, -0.2) is 4.90 Å². The fraction of sp³-hybridized carbons (Fsp3) is 0.233. The van der Waals surface area contributed by atoms with Crippen LogP contribution in [0.15, 0.2) is 88.3 Å². The van der Waals surface area contributed by atoms with Crippen LogP contribution in [0.2, 0.25) is 0 Å². The summed E-state index contributed by atoms with van der Waals surface area (Å²) in [7, 11) is 0. The van der Waals surface area contributed by atoms with Crippen LogP contribution in [0.25, 0.3) is 0 Å². The standard InChI is InChI=1S/C30H29N3O3S/c1-19-10-14-22(15-11-19)31-26-27(30(36)33(29(26)35)24-16-12-20(2)13-17-24)37-25-9-5-8-23(18-25)32-28(34)21-6-3-4-7-21/h5,8-18,21,31H,3-4,6-7H2,1-2H3,(H,32,34). The van der Waals surface area contributed by atoms with Gasteiger partial charge >= 0.3 is 0 Å². The summed E-state index contributed by atoms with van der Waals surface area (Å²) in [6.45, 7) is 3.95. The Balaban J connectivity index is 1.44. The molecule has 3 aromatic carbocycles. The molecule has 0 radical (unpaired) electrons. The summed E-state index contributed by atoms with van der Waals surface area (Å²) in [6, 6.07) is 22.4. The number of hydrogen-bond acceptors (Lipinski definition) is 5. The lowest BCUT2D eigenvalue weighted by Gasteiger charge is -2.15. The summed E-state index contributed by atoms with van der Waals surface area (Å²) in [5.41, 5.74) is 4.31. The van der Waals surface area contributed by atoms with Gasteiger partial charge in [0.2, 0.25) is 5.91 Å². The lowest BCUT2D eigenvalue weighted by Crippen LogP contribution is -2.32. The maximum atomic E-state index is 13.6. The first kappa shape index (κ1) is 24.8. The van der Waals surface area contributed by atoms with Crippen molar-refractivity contribution >= 4 is 46.5 Å². The van der Waals surface area contributed by atoms with Crippen molar-refractivity contribution in [2.75, 3.05) is 15.5 Å². The molecule has 3 amide bonds. The van der Waals surface area contributed by atoms with Gasteiger partial charge in [-0.05, 0) is 69.2 Å². The summed E-state index contributed by atoms with van der Waals surface area (Å²) in [6.07, 6.45) is 4.03. The Hall–Kier alpha value is -3.84. The summed E-state index contributed by atoms with van der Waals surface area (Å²) in [4.78, 5) is 42.1. The number of imide groups is 1. The molecule has 0 unspecified atom stereocenters. The van der Waals surface area contributed by atoms with E-state index in [1.165, 1.54) is 16.7 Å². The van der Waals surface area contributed by atoms with Crippen LogP contribution in [0.4, 0.5) is 17.1 Å². The maximum Gasteiger partial charge on any atom is 0.283 e. The molecule has 2 N–H and O–H groups in total. The first-order valence-corrected chi connectivity index (χ1v) is 13.3. The van der Waals surface area contributed by atoms with Crippen LogP contribution in [-0.2, 0) is 14.4 Å². The molecule has 0 spiro atoms. The Morgan fingerprint density at radius 1 is 0.838 bits per heavy atom. The maximum absolute atomic E-state index is 13.6. The Morgan fingerprint density at radius 2 is 1.49 bits per heavy atom. The molecule has 1 fully saturated rings. The molecule has 0 bridgehead atoms. The molecule has 0 saturated heterocycles. The highest BCUT2D eigenvalue weighted by Gasteiger charge is 2.40. The van der Waals surface area contributed by atoms with Crippen molar-refractivity contribution < 1.29 is 14.4 Å². The number of thioether (sulfide) groups is 1. The van der Waals surface area contributed by atoms with Crippen LogP contribution in [-0.4, -0.2) is 17.7 Å². The molecule has 0 atom stereocenters. The van der Waals surface area contributed by atoms with E-state index in [0.29, 0.717) is 16.3 Å². The molecule has 2 aliphatic rings. The number of anilines is 3. The lowest BCUT2D eigenvalue weighted by atomic mass is 10.1. The number of nitrogens with one attached hydrogen (secondary N) is 2. The number of carbonyl (C=O) groups excluding carboxylic acids is 3. The minimum Gasteiger partial charge on any atom is -0.350 e. The molecule has 1 aliphatic carbocycles. The molecular formula is C30H29N3O3S. The molecule has 5 rings (SSSR count). The molecular weight excluding hydrogens is 482 g/mol. The quantitative estimate of drug-likeness (QED) is 0.358. The highest BCUT2D eigenvalue weighted by molar-refractivity contribution is 8.04. The second-order valence-corrected chi connectivity index (χ2v) is 10.7. The van der Waals surface area contributed by atoms with Gasteiger partial charge < -0.3 is 10.6 Å². The van der Waals surface area contributed by atoms with E-state index in [4.69, 9.17) is 0 Å². The second-order valence-electron chi connectivity index (χ2n) is 9.58. The van der Waals surface area contributed by atoms with Gasteiger partial charge in [0, 0.05) is 22.2 Å². The fourth-order valence-electron chi connectivity index (χ4n) is 4.61. The number of carbonyl (C=O) groups is 3. The van der Waals surface area contributed by atoms with Crippen LogP contribution in [0.1, 0.15) is 36.8 Å². The van der Waals surface area contributed by atoms with Crippen LogP contribution in [0.5, 0.6) is 0 Å². The van der Waals surface area contributed by atoms with Crippen molar-refractivity contribution in [1.29, 1.82) is 0 Å². The monoisotopic (exact) mass is 511 g/mol. The van der Waals surface area contributed by atoms with E-state index in [0.717, 1.165) is 47.4 Å². The molecule has 1 heterocycles. The Bertz CT molecular complexity index is 1370. The topological polar surface area (TPSA) is 78.5 Å². The minimum absolute atomic E-state index is 0.0401.